The average molecular weight is 593 g/mol. The number of rotatable bonds is 20. The van der Waals surface area contributed by atoms with Gasteiger partial charge in [0.15, 0.2) is 0 Å². The Hall–Kier alpha value is -0.160. The van der Waals surface area contributed by atoms with Crippen molar-refractivity contribution in [3.05, 3.63) is 0 Å². The van der Waals surface area contributed by atoms with Gasteiger partial charge in [0, 0.05) is 0 Å². The quantitative estimate of drug-likeness (QED) is 0.113. The Kier molecular flexibility index (Phi) is 51.7. The average Bonchev–Trinajstić information content (AvgIpc) is 3.02. The van der Waals surface area contributed by atoms with Crippen molar-refractivity contribution in [2.24, 2.45) is 29.1 Å². The second-order valence-corrected chi connectivity index (χ2v) is 12.8. The predicted octanol–water partition coefficient (Wildman–Crippen LogP) is 10.8. The molecule has 0 aromatic carbocycles. The number of aliphatic hydroxyl groups is 4. The van der Waals surface area contributed by atoms with Gasteiger partial charge in [-0.1, -0.05) is 186 Å². The second-order valence-electron chi connectivity index (χ2n) is 12.8. The summed E-state index contributed by atoms with van der Waals surface area (Å²) in [6.07, 6.45) is 22.1. The molecule has 4 unspecified atom stereocenters. The number of unbranched alkanes of at least 4 members (excludes halogenated alkanes) is 4. The standard InChI is InChI=1S/4C8H18.C5H12O4/c4*1-4-6-7-8(3)5-2;6-1-5(2-7,3-8)4-9/h4*8H,4-7H2,1-3H3;6-9H,1-4H2. The lowest BCUT2D eigenvalue weighted by Crippen LogP contribution is -2.37. The van der Waals surface area contributed by atoms with Crippen LogP contribution >= 0.6 is 0 Å². The summed E-state index contributed by atoms with van der Waals surface area (Å²) < 4.78 is 0. The summed E-state index contributed by atoms with van der Waals surface area (Å²) in [7, 11) is 0. The molecule has 0 spiro atoms. The van der Waals surface area contributed by atoms with E-state index in [-0.39, 0.29) is 0 Å². The minimum Gasteiger partial charge on any atom is -0.396 e. The number of hydrogen-bond donors (Lipinski definition) is 4. The Labute approximate surface area is 261 Å². The van der Waals surface area contributed by atoms with Gasteiger partial charge in [0.2, 0.25) is 0 Å². The number of hydrogen-bond acceptors (Lipinski definition) is 4. The first-order valence-electron chi connectivity index (χ1n) is 17.9. The van der Waals surface area contributed by atoms with E-state index >= 15 is 0 Å². The van der Waals surface area contributed by atoms with Gasteiger partial charge in [-0.15, -0.1) is 0 Å². The molecule has 0 aliphatic carbocycles. The maximum Gasteiger partial charge on any atom is 0.0627 e. The molecule has 0 fully saturated rings. The lowest BCUT2D eigenvalue weighted by molar-refractivity contribution is -0.0328. The van der Waals surface area contributed by atoms with Crippen LogP contribution < -0.4 is 0 Å². The van der Waals surface area contributed by atoms with Crippen LogP contribution in [0.15, 0.2) is 0 Å². The molecule has 4 heteroatoms. The Balaban J connectivity index is -0.000000132. The van der Waals surface area contributed by atoms with E-state index in [0.29, 0.717) is 0 Å². The van der Waals surface area contributed by atoms with E-state index in [0.717, 1.165) is 23.7 Å². The Morgan fingerprint density at radius 3 is 0.610 bits per heavy atom. The molecule has 0 aromatic rings. The van der Waals surface area contributed by atoms with Gasteiger partial charge in [-0.3, -0.25) is 0 Å². The van der Waals surface area contributed by atoms with E-state index in [2.05, 4.69) is 83.1 Å². The van der Waals surface area contributed by atoms with E-state index in [1.54, 1.807) is 0 Å². The van der Waals surface area contributed by atoms with Crippen LogP contribution in [0.1, 0.15) is 186 Å². The van der Waals surface area contributed by atoms with Crippen LogP contribution in [0.25, 0.3) is 0 Å². The van der Waals surface area contributed by atoms with E-state index in [1.165, 1.54) is 103 Å². The molecule has 0 amide bonds. The second kappa shape index (κ2) is 42.0. The summed E-state index contributed by atoms with van der Waals surface area (Å²) in [5.74, 6) is 3.81. The summed E-state index contributed by atoms with van der Waals surface area (Å²) in [6.45, 7) is 25.8. The molecule has 0 bridgehead atoms. The predicted molar refractivity (Wildman–Crippen MR) is 187 cm³/mol. The highest BCUT2D eigenvalue weighted by atomic mass is 16.3. The Bertz CT molecular complexity index is 338. The van der Waals surface area contributed by atoms with Crippen LogP contribution in [0.3, 0.4) is 0 Å². The van der Waals surface area contributed by atoms with E-state index < -0.39 is 31.8 Å². The zero-order valence-corrected chi connectivity index (χ0v) is 30.7. The van der Waals surface area contributed by atoms with Gasteiger partial charge in [-0.25, -0.2) is 0 Å². The first-order chi connectivity index (χ1) is 19.5. The molecule has 4 N–H and O–H groups in total. The highest BCUT2D eigenvalue weighted by Gasteiger charge is 2.26. The fourth-order valence-corrected chi connectivity index (χ4v) is 3.33. The van der Waals surface area contributed by atoms with Crippen molar-refractivity contribution >= 4 is 0 Å². The molecule has 0 saturated heterocycles. The van der Waals surface area contributed by atoms with Crippen molar-refractivity contribution in [3.8, 4) is 0 Å². The molecule has 0 aliphatic rings. The van der Waals surface area contributed by atoms with Crippen LogP contribution in [0.5, 0.6) is 0 Å². The maximum absolute atomic E-state index is 8.50. The highest BCUT2D eigenvalue weighted by Crippen LogP contribution is 2.13. The summed E-state index contributed by atoms with van der Waals surface area (Å²) in [6, 6.07) is 0. The van der Waals surface area contributed by atoms with Gasteiger partial charge in [0.05, 0.1) is 31.8 Å². The Morgan fingerprint density at radius 2 is 0.537 bits per heavy atom. The normalized spacial score (nSPS) is 13.5. The third kappa shape index (κ3) is 44.4. The molecule has 0 saturated carbocycles. The first-order valence-corrected chi connectivity index (χ1v) is 17.9. The van der Waals surface area contributed by atoms with Gasteiger partial charge in [-0.05, 0) is 23.7 Å². The lowest BCUT2D eigenvalue weighted by atomic mass is 9.93. The highest BCUT2D eigenvalue weighted by molar-refractivity contribution is 4.75. The van der Waals surface area contributed by atoms with E-state index in [4.69, 9.17) is 20.4 Å². The van der Waals surface area contributed by atoms with Crippen molar-refractivity contribution < 1.29 is 20.4 Å². The van der Waals surface area contributed by atoms with Gasteiger partial charge in [0.25, 0.3) is 0 Å². The summed E-state index contributed by atoms with van der Waals surface area (Å²) in [5.41, 5.74) is -1.11. The zero-order valence-electron chi connectivity index (χ0n) is 30.7. The smallest absolute Gasteiger partial charge is 0.0627 e. The molecule has 4 atom stereocenters. The fourth-order valence-electron chi connectivity index (χ4n) is 3.33. The van der Waals surface area contributed by atoms with Crippen molar-refractivity contribution in [2.75, 3.05) is 26.4 Å². The van der Waals surface area contributed by atoms with Gasteiger partial charge >= 0.3 is 0 Å². The minimum absolute atomic E-state index is 0.406. The van der Waals surface area contributed by atoms with Crippen LogP contribution in [-0.4, -0.2) is 46.9 Å². The molecule has 0 rings (SSSR count). The first kappa shape index (κ1) is 50.5. The molecule has 4 nitrogen and oxygen atoms in total. The van der Waals surface area contributed by atoms with Gasteiger partial charge in [0.1, 0.15) is 0 Å². The van der Waals surface area contributed by atoms with Gasteiger partial charge in [-0.2, -0.15) is 0 Å². The fraction of sp³-hybridized carbons (Fsp3) is 1.00. The van der Waals surface area contributed by atoms with Crippen LogP contribution in [0.4, 0.5) is 0 Å². The molecule has 0 aromatic heterocycles. The van der Waals surface area contributed by atoms with Crippen molar-refractivity contribution in [3.63, 3.8) is 0 Å². The van der Waals surface area contributed by atoms with Crippen molar-refractivity contribution in [2.45, 2.75) is 186 Å². The molecular formula is C37H84O4. The van der Waals surface area contributed by atoms with Gasteiger partial charge < -0.3 is 20.4 Å². The minimum atomic E-state index is -1.11. The molecular weight excluding hydrogens is 508 g/mol. The van der Waals surface area contributed by atoms with E-state index in [1.807, 2.05) is 0 Å². The van der Waals surface area contributed by atoms with Crippen LogP contribution in [-0.2, 0) is 0 Å². The molecule has 256 valence electrons. The van der Waals surface area contributed by atoms with Crippen LogP contribution in [0, 0.1) is 29.1 Å². The third-order valence-corrected chi connectivity index (χ3v) is 8.33. The summed E-state index contributed by atoms with van der Waals surface area (Å²) in [5, 5.41) is 34.0. The summed E-state index contributed by atoms with van der Waals surface area (Å²) >= 11 is 0. The summed E-state index contributed by atoms with van der Waals surface area (Å²) in [4.78, 5) is 0. The number of aliphatic hydroxyl groups excluding tert-OH is 4. The zero-order chi connectivity index (χ0) is 33.0. The maximum atomic E-state index is 8.50. The molecule has 41 heavy (non-hydrogen) atoms. The molecule has 0 radical (unpaired) electrons. The van der Waals surface area contributed by atoms with Crippen molar-refractivity contribution in [1.29, 1.82) is 0 Å². The SMILES string of the molecule is CCCCC(C)CC.CCCCC(C)CC.CCCCC(C)CC.CCCCC(C)CC.OCC(CO)(CO)CO. The largest absolute Gasteiger partial charge is 0.396 e. The molecule has 0 aliphatic heterocycles. The van der Waals surface area contributed by atoms with Crippen LogP contribution in [0.2, 0.25) is 0 Å². The van der Waals surface area contributed by atoms with E-state index in [9.17, 15) is 0 Å². The van der Waals surface area contributed by atoms with Crippen molar-refractivity contribution in [1.82, 2.24) is 0 Å². The molecule has 0 heterocycles. The topological polar surface area (TPSA) is 80.9 Å². The lowest BCUT2D eigenvalue weighted by Gasteiger charge is -2.23. The monoisotopic (exact) mass is 593 g/mol. The third-order valence-electron chi connectivity index (χ3n) is 8.33. The Morgan fingerprint density at radius 1 is 0.366 bits per heavy atom.